The summed E-state index contributed by atoms with van der Waals surface area (Å²) in [6.07, 6.45) is 1.000. The predicted molar refractivity (Wildman–Crippen MR) is 111 cm³/mol. The molecule has 0 unspecified atom stereocenters. The van der Waals surface area contributed by atoms with Crippen LogP contribution in [-0.4, -0.2) is 24.1 Å². The minimum Gasteiger partial charge on any atom is -0.463 e. The fraction of sp³-hybridized carbons (Fsp3) is 0.348. The van der Waals surface area contributed by atoms with Crippen LogP contribution in [-0.2, 0) is 14.3 Å². The van der Waals surface area contributed by atoms with Crippen molar-refractivity contribution in [3.8, 4) is 0 Å². The number of benzene rings is 1. The van der Waals surface area contributed by atoms with Crippen LogP contribution >= 0.6 is 11.3 Å². The molecule has 0 bridgehead atoms. The first kappa shape index (κ1) is 19.7. The monoisotopic (exact) mass is 411 g/mol. The maximum Gasteiger partial charge on any atom is 0.336 e. The molecule has 3 atom stereocenters. The second kappa shape index (κ2) is 8.03. The molecule has 1 fully saturated rings. The third kappa shape index (κ3) is 3.57. The van der Waals surface area contributed by atoms with E-state index in [-0.39, 0.29) is 23.9 Å². The van der Waals surface area contributed by atoms with E-state index in [0.717, 1.165) is 10.6 Å². The average Bonchev–Trinajstić information content (AvgIpc) is 3.22. The Morgan fingerprint density at radius 1 is 1.21 bits per heavy atom. The fourth-order valence-electron chi connectivity index (χ4n) is 4.44. The van der Waals surface area contributed by atoms with Gasteiger partial charge in [0.15, 0.2) is 0 Å². The molecule has 0 spiro atoms. The first-order valence-corrected chi connectivity index (χ1v) is 10.6. The Kier molecular flexibility index (Phi) is 5.46. The maximum absolute atomic E-state index is 14.8. The van der Waals surface area contributed by atoms with Gasteiger partial charge in [-0.2, -0.15) is 0 Å². The third-order valence-electron chi connectivity index (χ3n) is 5.64. The lowest BCUT2D eigenvalue weighted by Crippen LogP contribution is -2.41. The molecular formula is C23H22FNO3S. The number of ether oxygens (including phenoxy) is 1. The van der Waals surface area contributed by atoms with E-state index >= 15 is 0 Å². The summed E-state index contributed by atoms with van der Waals surface area (Å²) in [5.41, 5.74) is 1.87. The van der Waals surface area contributed by atoms with Gasteiger partial charge in [0.2, 0.25) is 0 Å². The number of rotatable bonds is 4. The number of Topliss-reactive ketones (excluding diaryl/α,β-unsaturated/α-hetero) is 1. The number of hydrogen-bond donors (Lipinski definition) is 0. The molecule has 150 valence electrons. The number of nitrogens with zero attached hydrogens (tertiary/aromatic N) is 1. The zero-order valence-corrected chi connectivity index (χ0v) is 17.2. The normalized spacial score (nSPS) is 24.2. The molecule has 2 aliphatic rings. The van der Waals surface area contributed by atoms with Gasteiger partial charge in [-0.05, 0) is 43.3 Å². The number of hydrogen-bond acceptors (Lipinski definition) is 5. The van der Waals surface area contributed by atoms with Crippen molar-refractivity contribution < 1.29 is 18.7 Å². The first-order chi connectivity index (χ1) is 14.0. The SMILES string of the molecule is CCOC(=O)C1=C(C)N=C2C[C@H](c3cccs3)CC(=O)[C@@H]2[C@@H]1c1ccccc1F. The summed E-state index contributed by atoms with van der Waals surface area (Å²) in [7, 11) is 0. The van der Waals surface area contributed by atoms with Crippen molar-refractivity contribution in [2.75, 3.05) is 6.61 Å². The molecule has 1 aliphatic carbocycles. The van der Waals surface area contributed by atoms with Crippen LogP contribution in [0.5, 0.6) is 0 Å². The highest BCUT2D eigenvalue weighted by Gasteiger charge is 2.46. The fourth-order valence-corrected chi connectivity index (χ4v) is 5.27. The molecule has 0 radical (unpaired) electrons. The number of aliphatic imine (C=N–C) groups is 1. The zero-order valence-electron chi connectivity index (χ0n) is 16.4. The smallest absolute Gasteiger partial charge is 0.336 e. The highest BCUT2D eigenvalue weighted by molar-refractivity contribution is 7.10. The molecule has 2 heterocycles. The van der Waals surface area contributed by atoms with Crippen molar-refractivity contribution in [1.82, 2.24) is 0 Å². The van der Waals surface area contributed by atoms with Crippen LogP contribution in [0.4, 0.5) is 4.39 Å². The molecule has 1 aromatic carbocycles. The second-order valence-electron chi connectivity index (χ2n) is 7.39. The van der Waals surface area contributed by atoms with Crippen LogP contribution in [0.2, 0.25) is 0 Å². The van der Waals surface area contributed by atoms with Gasteiger partial charge in [-0.15, -0.1) is 11.3 Å². The van der Waals surface area contributed by atoms with E-state index in [1.165, 1.54) is 6.07 Å². The predicted octanol–water partition coefficient (Wildman–Crippen LogP) is 5.03. The molecule has 4 rings (SSSR count). The summed E-state index contributed by atoms with van der Waals surface area (Å²) >= 11 is 1.63. The number of halogens is 1. The topological polar surface area (TPSA) is 55.7 Å². The Hall–Kier alpha value is -2.60. The highest BCUT2D eigenvalue weighted by atomic mass is 32.1. The lowest BCUT2D eigenvalue weighted by atomic mass is 9.67. The average molecular weight is 411 g/mol. The van der Waals surface area contributed by atoms with Gasteiger partial charge in [-0.3, -0.25) is 9.79 Å². The number of esters is 1. The summed E-state index contributed by atoms with van der Waals surface area (Å²) < 4.78 is 20.0. The van der Waals surface area contributed by atoms with Gasteiger partial charge in [0.25, 0.3) is 0 Å². The molecule has 1 aromatic heterocycles. The molecule has 0 amide bonds. The molecule has 2 aromatic rings. The van der Waals surface area contributed by atoms with Crippen LogP contribution in [0.15, 0.2) is 58.0 Å². The number of allylic oxidation sites excluding steroid dienone is 1. The Bertz CT molecular complexity index is 1010. The van der Waals surface area contributed by atoms with Crippen molar-refractivity contribution in [2.24, 2.45) is 10.9 Å². The first-order valence-electron chi connectivity index (χ1n) is 9.77. The Balaban J connectivity index is 1.83. The Morgan fingerprint density at radius 3 is 2.69 bits per heavy atom. The van der Waals surface area contributed by atoms with Crippen molar-refractivity contribution in [3.63, 3.8) is 0 Å². The Labute approximate surface area is 173 Å². The van der Waals surface area contributed by atoms with Crippen molar-refractivity contribution in [2.45, 2.75) is 38.5 Å². The van der Waals surface area contributed by atoms with E-state index < -0.39 is 23.6 Å². The van der Waals surface area contributed by atoms with E-state index in [2.05, 4.69) is 4.99 Å². The molecule has 1 saturated carbocycles. The van der Waals surface area contributed by atoms with Gasteiger partial charge in [-0.1, -0.05) is 24.3 Å². The molecule has 0 saturated heterocycles. The number of ketones is 1. The van der Waals surface area contributed by atoms with Crippen LogP contribution in [0.3, 0.4) is 0 Å². The molecule has 29 heavy (non-hydrogen) atoms. The third-order valence-corrected chi connectivity index (χ3v) is 6.67. The van der Waals surface area contributed by atoms with Crippen molar-refractivity contribution in [3.05, 3.63) is 69.3 Å². The summed E-state index contributed by atoms with van der Waals surface area (Å²) in [5.74, 6) is -2.23. The number of carbonyl (C=O) groups excluding carboxylic acids is 2. The van der Waals surface area contributed by atoms with Gasteiger partial charge in [0.1, 0.15) is 11.6 Å². The van der Waals surface area contributed by atoms with E-state index in [4.69, 9.17) is 4.74 Å². The van der Waals surface area contributed by atoms with Crippen molar-refractivity contribution >= 4 is 28.8 Å². The summed E-state index contributed by atoms with van der Waals surface area (Å²) in [4.78, 5) is 31.9. The number of carbonyl (C=O) groups is 2. The minimum absolute atomic E-state index is 0.00375. The van der Waals surface area contributed by atoms with Gasteiger partial charge in [-0.25, -0.2) is 9.18 Å². The lowest BCUT2D eigenvalue weighted by molar-refractivity contribution is -0.139. The molecule has 4 nitrogen and oxygen atoms in total. The molecular weight excluding hydrogens is 389 g/mol. The largest absolute Gasteiger partial charge is 0.463 e. The van der Waals surface area contributed by atoms with Crippen molar-refractivity contribution in [1.29, 1.82) is 0 Å². The summed E-state index contributed by atoms with van der Waals surface area (Å²) in [6.45, 7) is 3.67. The van der Waals surface area contributed by atoms with E-state index in [9.17, 15) is 14.0 Å². The van der Waals surface area contributed by atoms with E-state index in [1.807, 2.05) is 17.5 Å². The van der Waals surface area contributed by atoms with E-state index in [0.29, 0.717) is 24.1 Å². The minimum atomic E-state index is -0.709. The lowest BCUT2D eigenvalue weighted by Gasteiger charge is -2.38. The van der Waals surface area contributed by atoms with Gasteiger partial charge in [0, 0.05) is 34.5 Å². The van der Waals surface area contributed by atoms with Gasteiger partial charge >= 0.3 is 5.97 Å². The van der Waals surface area contributed by atoms with Crippen LogP contribution in [0.1, 0.15) is 49.0 Å². The maximum atomic E-state index is 14.8. The zero-order chi connectivity index (χ0) is 20.5. The van der Waals surface area contributed by atoms with Crippen LogP contribution < -0.4 is 0 Å². The van der Waals surface area contributed by atoms with Gasteiger partial charge < -0.3 is 4.74 Å². The quantitative estimate of drug-likeness (QED) is 0.664. The standard InChI is InChI=1S/C23H22FNO3S/c1-3-28-23(27)20-13(2)25-17-11-14(19-9-6-10-29-19)12-18(26)22(17)21(20)15-7-4-5-8-16(15)24/h4-10,14,21-22H,3,11-12H2,1-2H3/t14-,21+,22+/m0/s1. The van der Waals surface area contributed by atoms with Crippen LogP contribution in [0.25, 0.3) is 0 Å². The molecule has 1 aliphatic heterocycles. The second-order valence-corrected chi connectivity index (χ2v) is 8.37. The van der Waals surface area contributed by atoms with Gasteiger partial charge in [0.05, 0.1) is 18.1 Å². The summed E-state index contributed by atoms with van der Waals surface area (Å²) in [5, 5.41) is 2.00. The van der Waals surface area contributed by atoms with E-state index in [1.54, 1.807) is 43.4 Å². The number of fused-ring (bicyclic) bond motifs is 1. The molecule has 0 N–H and O–H groups in total. The van der Waals surface area contributed by atoms with Crippen LogP contribution in [0, 0.1) is 11.7 Å². The Morgan fingerprint density at radius 2 is 2.00 bits per heavy atom. The summed E-state index contributed by atoms with van der Waals surface area (Å²) in [6, 6.07) is 10.4. The highest BCUT2D eigenvalue weighted by Crippen LogP contribution is 2.46. The number of thiophene rings is 1. The molecule has 6 heteroatoms.